The predicted octanol–water partition coefficient (Wildman–Crippen LogP) is 5.12. The molecule has 4 aromatic rings. The maximum Gasteiger partial charge on any atom is 0.325 e. The molecule has 348 valence electrons. The van der Waals surface area contributed by atoms with E-state index in [4.69, 9.17) is 15.2 Å². The standard InChI is InChI=1S/C24H27F3N4O4.C22H27FN4O3/c1-29-9-11-30(12-10-29)24(34)31(19-5-3-4-6-21(19)35-2)15-17-8-7-16(13-18(17)25)20(32)14-28-23(33)22(26)27;1-25-9-11-26(12-10-25)22(29)27(19-5-3-4-6-21(19)30-2)15-17-8-7-16(13-18(17)23)20(28)14-24/h3-8,13,22H,9-12,14-15H2,1-2H3,(H,28,33);3-8,13H,9-12,14-15,24H2,1-2H3. The summed E-state index contributed by atoms with van der Waals surface area (Å²) in [6.45, 7) is 4.18. The average molecular weight is 907 g/mol. The van der Waals surface area contributed by atoms with Crippen molar-refractivity contribution in [1.29, 1.82) is 0 Å². The van der Waals surface area contributed by atoms with E-state index >= 15 is 4.39 Å². The first-order chi connectivity index (χ1) is 31.1. The second kappa shape index (κ2) is 23.4. The van der Waals surface area contributed by atoms with Crippen LogP contribution in [0.3, 0.4) is 0 Å². The summed E-state index contributed by atoms with van der Waals surface area (Å²) >= 11 is 0. The Balaban J connectivity index is 0.000000247. The molecule has 0 aliphatic carbocycles. The van der Waals surface area contributed by atoms with Gasteiger partial charge in [-0.3, -0.25) is 24.2 Å². The minimum atomic E-state index is -3.25. The highest BCUT2D eigenvalue weighted by Gasteiger charge is 2.30. The van der Waals surface area contributed by atoms with Gasteiger partial charge in [0, 0.05) is 74.6 Å². The van der Waals surface area contributed by atoms with Gasteiger partial charge in [0.25, 0.3) is 5.91 Å². The number of likely N-dealkylation sites (N-methyl/N-ethyl adjacent to an activating group) is 2. The van der Waals surface area contributed by atoms with Crippen molar-refractivity contribution in [2.75, 3.05) is 104 Å². The molecule has 0 atom stereocenters. The van der Waals surface area contributed by atoms with Crippen molar-refractivity contribution in [2.24, 2.45) is 5.73 Å². The summed E-state index contributed by atoms with van der Waals surface area (Å²) in [5.74, 6) is -2.98. The third-order valence-electron chi connectivity index (χ3n) is 11.0. The highest BCUT2D eigenvalue weighted by Crippen LogP contribution is 2.32. The zero-order chi connectivity index (χ0) is 47.2. The predicted molar refractivity (Wildman–Crippen MR) is 237 cm³/mol. The number of hydrogen-bond donors (Lipinski definition) is 2. The number of urea groups is 2. The number of amides is 5. The molecule has 2 heterocycles. The fourth-order valence-electron chi connectivity index (χ4n) is 7.06. The number of carbonyl (C=O) groups is 5. The molecule has 2 saturated heterocycles. The number of nitrogens with one attached hydrogen (secondary N) is 1. The number of para-hydroxylation sites is 4. The van der Waals surface area contributed by atoms with Crippen molar-refractivity contribution in [2.45, 2.75) is 19.5 Å². The van der Waals surface area contributed by atoms with E-state index in [0.29, 0.717) is 67.7 Å². The van der Waals surface area contributed by atoms with E-state index in [1.807, 2.05) is 26.2 Å². The summed E-state index contributed by atoms with van der Waals surface area (Å²) in [5.41, 5.74) is 6.97. The molecule has 5 amide bonds. The van der Waals surface area contributed by atoms with E-state index in [0.717, 1.165) is 19.2 Å². The SMILES string of the molecule is COc1ccccc1N(Cc1ccc(C(=O)CN)cc1F)C(=O)N1CCN(C)CC1.COc1ccccc1N(Cc1ccc(C(=O)CNC(=O)C(F)F)cc1F)C(=O)N1CCN(C)CC1. The van der Waals surface area contributed by atoms with E-state index in [9.17, 15) is 37.1 Å². The molecular weight excluding hydrogens is 853 g/mol. The maximum absolute atomic E-state index is 15.0. The minimum Gasteiger partial charge on any atom is -0.495 e. The van der Waals surface area contributed by atoms with Crippen molar-refractivity contribution < 1.29 is 51.0 Å². The Morgan fingerprint density at radius 2 is 1.03 bits per heavy atom. The molecule has 2 fully saturated rings. The number of ether oxygens (including phenoxy) is 2. The summed E-state index contributed by atoms with van der Waals surface area (Å²) < 4.78 is 65.2. The number of ketones is 2. The van der Waals surface area contributed by atoms with Crippen LogP contribution in [-0.4, -0.2) is 149 Å². The van der Waals surface area contributed by atoms with Crippen LogP contribution < -0.4 is 30.3 Å². The number of anilines is 2. The summed E-state index contributed by atoms with van der Waals surface area (Å²) in [4.78, 5) is 72.4. The topological polar surface area (TPSA) is 161 Å². The van der Waals surface area contributed by atoms with E-state index in [2.05, 4.69) is 9.80 Å². The molecule has 0 saturated carbocycles. The van der Waals surface area contributed by atoms with Crippen LogP contribution in [0.1, 0.15) is 31.8 Å². The smallest absolute Gasteiger partial charge is 0.325 e. The molecule has 4 aromatic carbocycles. The van der Waals surface area contributed by atoms with Gasteiger partial charge in [0.2, 0.25) is 0 Å². The average Bonchev–Trinajstić information content (AvgIpc) is 3.32. The highest BCUT2D eigenvalue weighted by molar-refractivity contribution is 6.00. The van der Waals surface area contributed by atoms with E-state index in [1.54, 1.807) is 51.5 Å². The van der Waals surface area contributed by atoms with Gasteiger partial charge >= 0.3 is 18.5 Å². The Hall–Kier alpha value is -6.57. The molecule has 2 aliphatic heterocycles. The highest BCUT2D eigenvalue weighted by atomic mass is 19.3. The Bertz CT molecular complexity index is 2310. The first kappa shape index (κ1) is 49.4. The zero-order valence-corrected chi connectivity index (χ0v) is 36.8. The minimum absolute atomic E-state index is 0.00841. The van der Waals surface area contributed by atoms with E-state index < -0.39 is 36.3 Å². The molecule has 0 bridgehead atoms. The second-order valence-corrected chi connectivity index (χ2v) is 15.3. The van der Waals surface area contributed by atoms with Gasteiger partial charge in [-0.2, -0.15) is 8.78 Å². The first-order valence-corrected chi connectivity index (χ1v) is 20.8. The van der Waals surface area contributed by atoms with Crippen LogP contribution in [-0.2, 0) is 17.9 Å². The van der Waals surface area contributed by atoms with Crippen molar-refractivity contribution in [3.05, 3.63) is 119 Å². The summed E-state index contributed by atoms with van der Waals surface area (Å²) in [7, 11) is 6.99. The summed E-state index contributed by atoms with van der Waals surface area (Å²) in [5, 5.41) is 1.80. The Labute approximate surface area is 375 Å². The second-order valence-electron chi connectivity index (χ2n) is 15.3. The Morgan fingerprint density at radius 1 is 0.631 bits per heavy atom. The Morgan fingerprint density at radius 3 is 1.40 bits per heavy atom. The summed E-state index contributed by atoms with van der Waals surface area (Å²) in [6.07, 6.45) is -3.25. The lowest BCUT2D eigenvalue weighted by atomic mass is 10.1. The first-order valence-electron chi connectivity index (χ1n) is 20.8. The molecule has 15 nitrogen and oxygen atoms in total. The number of piperazine rings is 2. The lowest BCUT2D eigenvalue weighted by Crippen LogP contribution is -2.52. The van der Waals surface area contributed by atoms with Crippen molar-refractivity contribution in [1.82, 2.24) is 24.9 Å². The molecular formula is C46H54F4N8O7. The molecule has 2 aliphatic rings. The van der Waals surface area contributed by atoms with Gasteiger partial charge < -0.3 is 40.1 Å². The molecule has 19 heteroatoms. The molecule has 3 N–H and O–H groups in total. The number of nitrogens with two attached hydrogens (primary N) is 1. The number of Topliss-reactive ketones (excluding diaryl/α,β-unsaturated/α-hetero) is 2. The quantitative estimate of drug-likeness (QED) is 0.128. The maximum atomic E-state index is 15.0. The lowest BCUT2D eigenvalue weighted by Gasteiger charge is -2.36. The summed E-state index contributed by atoms with van der Waals surface area (Å²) in [6, 6.07) is 21.4. The zero-order valence-electron chi connectivity index (χ0n) is 36.8. The third-order valence-corrected chi connectivity index (χ3v) is 11.0. The lowest BCUT2D eigenvalue weighted by molar-refractivity contribution is -0.131. The molecule has 0 unspecified atom stereocenters. The van der Waals surface area contributed by atoms with Gasteiger partial charge in [0.05, 0.1) is 51.8 Å². The van der Waals surface area contributed by atoms with Gasteiger partial charge in [-0.1, -0.05) is 48.5 Å². The van der Waals surface area contributed by atoms with Gasteiger partial charge in [-0.15, -0.1) is 0 Å². The molecule has 6 rings (SSSR count). The monoisotopic (exact) mass is 906 g/mol. The number of benzene rings is 4. The number of alkyl halides is 2. The largest absolute Gasteiger partial charge is 0.495 e. The fraction of sp³-hybridized carbons (Fsp3) is 0.370. The molecule has 65 heavy (non-hydrogen) atoms. The van der Waals surface area contributed by atoms with Gasteiger partial charge in [-0.25, -0.2) is 18.4 Å². The molecule has 0 aromatic heterocycles. The van der Waals surface area contributed by atoms with Crippen LogP contribution in [0, 0.1) is 11.6 Å². The van der Waals surface area contributed by atoms with Gasteiger partial charge in [0.1, 0.15) is 23.1 Å². The molecule has 0 spiro atoms. The number of rotatable bonds is 14. The fourth-order valence-corrected chi connectivity index (χ4v) is 7.06. The normalized spacial score (nSPS) is 14.2. The third kappa shape index (κ3) is 13.0. The van der Waals surface area contributed by atoms with Crippen LogP contribution in [0.4, 0.5) is 38.5 Å². The van der Waals surface area contributed by atoms with Crippen molar-refractivity contribution >= 4 is 40.9 Å². The Kier molecular flexibility index (Phi) is 17.8. The number of hydrogen-bond acceptors (Lipinski definition) is 10. The number of nitrogens with zero attached hydrogens (tertiary/aromatic N) is 6. The van der Waals surface area contributed by atoms with E-state index in [1.165, 1.54) is 54.4 Å². The van der Waals surface area contributed by atoms with Crippen molar-refractivity contribution in [3.8, 4) is 11.5 Å². The number of halogens is 4. The van der Waals surface area contributed by atoms with Crippen LogP contribution in [0.15, 0.2) is 84.9 Å². The van der Waals surface area contributed by atoms with Crippen LogP contribution in [0.25, 0.3) is 0 Å². The van der Waals surface area contributed by atoms with Gasteiger partial charge in [0.15, 0.2) is 11.6 Å². The number of carbonyl (C=O) groups excluding carboxylic acids is 5. The van der Waals surface area contributed by atoms with Crippen LogP contribution in [0.5, 0.6) is 11.5 Å². The number of methoxy groups -OCH3 is 2. The van der Waals surface area contributed by atoms with Crippen LogP contribution >= 0.6 is 0 Å². The van der Waals surface area contributed by atoms with Crippen molar-refractivity contribution in [3.63, 3.8) is 0 Å². The van der Waals surface area contributed by atoms with E-state index in [-0.39, 0.29) is 54.2 Å². The molecule has 0 radical (unpaired) electrons. The van der Waals surface area contributed by atoms with Gasteiger partial charge in [-0.05, 0) is 50.5 Å². The van der Waals surface area contributed by atoms with Crippen LogP contribution in [0.2, 0.25) is 0 Å².